The number of carbonyl (C=O) groups excluding carboxylic acids is 1. The van der Waals surface area contributed by atoms with Crippen LogP contribution >= 0.6 is 54.8 Å². The summed E-state index contributed by atoms with van der Waals surface area (Å²) in [5, 5.41) is 4.20. The largest absolute Gasteiger partial charge is 0.309 e. The maximum Gasteiger partial charge on any atom is 0.309 e. The molecule has 0 aliphatic rings. The van der Waals surface area contributed by atoms with E-state index in [1.54, 1.807) is 18.2 Å². The molecule has 3 aromatic rings. The molecule has 27 heavy (non-hydrogen) atoms. The lowest BCUT2D eigenvalue weighted by atomic mass is 10.2. The molecule has 3 rings (SSSR count). The molecule has 0 saturated heterocycles. The van der Waals surface area contributed by atoms with Gasteiger partial charge < -0.3 is 0 Å². The lowest BCUT2D eigenvalue weighted by Crippen LogP contribution is -2.18. The van der Waals surface area contributed by atoms with Crippen LogP contribution in [0.25, 0.3) is 0 Å². The van der Waals surface area contributed by atoms with Crippen molar-refractivity contribution in [2.75, 3.05) is 0 Å². The van der Waals surface area contributed by atoms with Crippen molar-refractivity contribution < 1.29 is 4.79 Å². The second-order valence-corrected chi connectivity index (χ2v) is 8.54. The Balaban J connectivity index is 1.73. The van der Waals surface area contributed by atoms with E-state index in [0.717, 1.165) is 21.4 Å². The van der Waals surface area contributed by atoms with Gasteiger partial charge in [-0.3, -0.25) is 14.2 Å². The fourth-order valence-corrected chi connectivity index (χ4v) is 4.08. The van der Waals surface area contributed by atoms with Gasteiger partial charge in [0, 0.05) is 8.95 Å². The highest BCUT2D eigenvalue weighted by molar-refractivity contribution is 9.10. The third kappa shape index (κ3) is 4.95. The number of hydrogen-bond acceptors (Lipinski definition) is 4. The number of halogens is 3. The highest BCUT2D eigenvalue weighted by atomic mass is 79.9. The van der Waals surface area contributed by atoms with Crippen LogP contribution < -0.4 is 10.3 Å². The molecule has 138 valence electrons. The first-order valence-corrected chi connectivity index (χ1v) is 10.5. The van der Waals surface area contributed by atoms with Crippen molar-refractivity contribution in [3.8, 4) is 0 Å². The predicted octanol–water partition coefficient (Wildman–Crippen LogP) is 4.90. The Hall–Kier alpha value is -1.74. The van der Waals surface area contributed by atoms with Crippen molar-refractivity contribution >= 4 is 66.9 Å². The van der Waals surface area contributed by atoms with Gasteiger partial charge in [-0.25, -0.2) is 5.43 Å². The van der Waals surface area contributed by atoms with Crippen LogP contribution in [0.5, 0.6) is 0 Å². The second-order valence-electron chi connectivity index (χ2n) is 5.41. The van der Waals surface area contributed by atoms with E-state index in [2.05, 4.69) is 42.4 Å². The Bertz CT molecular complexity index is 1060. The molecular formula is C18H12Br2ClN3O2S. The summed E-state index contributed by atoms with van der Waals surface area (Å²) in [4.78, 5) is 24.6. The lowest BCUT2D eigenvalue weighted by molar-refractivity contribution is 0.0954. The van der Waals surface area contributed by atoms with Crippen molar-refractivity contribution in [1.29, 1.82) is 0 Å². The number of hydrazone groups is 1. The van der Waals surface area contributed by atoms with Crippen molar-refractivity contribution in [2.24, 2.45) is 5.10 Å². The summed E-state index contributed by atoms with van der Waals surface area (Å²) in [6.45, 7) is 0.360. The molecule has 0 aliphatic heterocycles. The molecule has 0 bridgehead atoms. The van der Waals surface area contributed by atoms with Gasteiger partial charge in [-0.2, -0.15) is 5.10 Å². The zero-order valence-electron chi connectivity index (χ0n) is 13.7. The third-order valence-electron chi connectivity index (χ3n) is 3.58. The van der Waals surface area contributed by atoms with Crippen LogP contribution in [0.3, 0.4) is 0 Å². The molecule has 5 nitrogen and oxygen atoms in total. The first-order chi connectivity index (χ1) is 13.0. The maximum absolute atomic E-state index is 12.2. The predicted molar refractivity (Wildman–Crippen MR) is 116 cm³/mol. The Morgan fingerprint density at radius 2 is 1.89 bits per heavy atom. The standard InChI is InChI=1S/C18H12Br2ClN3O2S/c19-12-7-5-11(6-8-12)10-24-16(21)15(27-18(24)26)9-22-23-17(25)13-3-1-2-4-14(13)20/h1-9H,10H2,(H,23,25). The lowest BCUT2D eigenvalue weighted by Gasteiger charge is -2.04. The normalized spacial score (nSPS) is 11.1. The van der Waals surface area contributed by atoms with Crippen LogP contribution in [-0.4, -0.2) is 16.7 Å². The number of carbonyl (C=O) groups is 1. The van der Waals surface area contributed by atoms with Crippen LogP contribution in [0.1, 0.15) is 20.8 Å². The average Bonchev–Trinajstić information content (AvgIpc) is 2.91. The van der Waals surface area contributed by atoms with Gasteiger partial charge >= 0.3 is 4.87 Å². The van der Waals surface area contributed by atoms with Gasteiger partial charge in [0.15, 0.2) is 0 Å². The first kappa shape index (κ1) is 20.0. The molecule has 2 aromatic carbocycles. The van der Waals surface area contributed by atoms with Gasteiger partial charge in [0.05, 0.1) is 23.2 Å². The van der Waals surface area contributed by atoms with E-state index in [1.165, 1.54) is 10.8 Å². The van der Waals surface area contributed by atoms with Crippen LogP contribution in [0.4, 0.5) is 0 Å². The number of benzene rings is 2. The molecule has 1 aromatic heterocycles. The number of amides is 1. The van der Waals surface area contributed by atoms with E-state index >= 15 is 0 Å². The van der Waals surface area contributed by atoms with E-state index in [-0.39, 0.29) is 15.9 Å². The number of rotatable bonds is 5. The molecule has 0 saturated carbocycles. The Morgan fingerprint density at radius 1 is 1.19 bits per heavy atom. The average molecular weight is 530 g/mol. The van der Waals surface area contributed by atoms with Crippen LogP contribution in [0, 0.1) is 0 Å². The molecule has 1 heterocycles. The number of aromatic nitrogens is 1. The number of thiazole rings is 1. The van der Waals surface area contributed by atoms with Gasteiger partial charge in [0.2, 0.25) is 0 Å². The Morgan fingerprint density at radius 3 is 2.59 bits per heavy atom. The summed E-state index contributed by atoms with van der Waals surface area (Å²) in [5.41, 5.74) is 3.84. The molecule has 1 N–H and O–H groups in total. The molecule has 9 heteroatoms. The van der Waals surface area contributed by atoms with Crippen molar-refractivity contribution in [3.63, 3.8) is 0 Å². The summed E-state index contributed by atoms with van der Waals surface area (Å²) in [7, 11) is 0. The third-order valence-corrected chi connectivity index (χ3v) is 6.23. The van der Waals surface area contributed by atoms with Crippen molar-refractivity contribution in [3.05, 3.63) is 88.3 Å². The van der Waals surface area contributed by atoms with Crippen LogP contribution in [0.15, 0.2) is 67.4 Å². The summed E-state index contributed by atoms with van der Waals surface area (Å²) in [6.07, 6.45) is 1.38. The molecular weight excluding hydrogens is 518 g/mol. The maximum atomic E-state index is 12.2. The summed E-state index contributed by atoms with van der Waals surface area (Å²) in [5.74, 6) is -0.364. The minimum Gasteiger partial charge on any atom is -0.284 e. The summed E-state index contributed by atoms with van der Waals surface area (Å²) < 4.78 is 3.09. The monoisotopic (exact) mass is 527 g/mol. The number of nitrogens with one attached hydrogen (secondary N) is 1. The zero-order chi connectivity index (χ0) is 19.4. The molecule has 0 fully saturated rings. The van der Waals surface area contributed by atoms with E-state index in [1.807, 2.05) is 30.3 Å². The molecule has 1 amide bonds. The van der Waals surface area contributed by atoms with Crippen LogP contribution in [0.2, 0.25) is 5.15 Å². The highest BCUT2D eigenvalue weighted by Crippen LogP contribution is 2.19. The first-order valence-electron chi connectivity index (χ1n) is 7.67. The van der Waals surface area contributed by atoms with E-state index in [4.69, 9.17) is 11.6 Å². The van der Waals surface area contributed by atoms with E-state index < -0.39 is 0 Å². The van der Waals surface area contributed by atoms with Gasteiger partial charge in [0.25, 0.3) is 5.91 Å². The van der Waals surface area contributed by atoms with Gasteiger partial charge in [-0.15, -0.1) is 0 Å². The van der Waals surface area contributed by atoms with Crippen LogP contribution in [-0.2, 0) is 6.54 Å². The SMILES string of the molecule is O=C(NN=Cc1sc(=O)n(Cc2ccc(Br)cc2)c1Cl)c1ccccc1Br. The molecule has 0 atom stereocenters. The minimum atomic E-state index is -0.364. The Kier molecular flexibility index (Phi) is 6.64. The summed E-state index contributed by atoms with van der Waals surface area (Å²) >= 11 is 14.0. The second kappa shape index (κ2) is 8.97. The van der Waals surface area contributed by atoms with E-state index in [0.29, 0.717) is 21.5 Å². The van der Waals surface area contributed by atoms with Gasteiger partial charge in [-0.1, -0.05) is 63.1 Å². The summed E-state index contributed by atoms with van der Waals surface area (Å²) in [6, 6.07) is 14.6. The highest BCUT2D eigenvalue weighted by Gasteiger charge is 2.13. The number of nitrogens with zero attached hydrogens (tertiary/aromatic N) is 2. The zero-order valence-corrected chi connectivity index (χ0v) is 18.4. The topological polar surface area (TPSA) is 63.5 Å². The minimum absolute atomic E-state index is 0.193. The van der Waals surface area contributed by atoms with E-state index in [9.17, 15) is 9.59 Å². The van der Waals surface area contributed by atoms with Gasteiger partial charge in [0.1, 0.15) is 5.15 Å². The molecule has 0 radical (unpaired) electrons. The molecule has 0 aliphatic carbocycles. The quantitative estimate of drug-likeness (QED) is 0.378. The fraction of sp³-hybridized carbons (Fsp3) is 0.0556. The fourth-order valence-electron chi connectivity index (χ4n) is 2.25. The molecule has 0 spiro atoms. The molecule has 0 unspecified atom stereocenters. The number of hydrogen-bond donors (Lipinski definition) is 1. The van der Waals surface area contributed by atoms with Gasteiger partial charge in [-0.05, 0) is 45.8 Å². The van der Waals surface area contributed by atoms with Crippen molar-refractivity contribution in [2.45, 2.75) is 6.54 Å². The Labute approximate surface area is 180 Å². The van der Waals surface area contributed by atoms with Crippen molar-refractivity contribution in [1.82, 2.24) is 9.99 Å². The smallest absolute Gasteiger partial charge is 0.284 e.